The Balaban J connectivity index is 1.39. The molecule has 3 aliphatic rings. The lowest BCUT2D eigenvalue weighted by atomic mass is 9.81. The molecule has 2 aromatic rings. The number of hydrogen-bond donors (Lipinski definition) is 1. The summed E-state index contributed by atoms with van der Waals surface area (Å²) in [6.07, 6.45) is 5.70. The number of aromatic nitrogens is 4. The topological polar surface area (TPSA) is 124 Å². The molecule has 5 rings (SSSR count). The van der Waals surface area contributed by atoms with E-state index in [0.717, 1.165) is 38.5 Å². The van der Waals surface area contributed by atoms with Crippen LogP contribution in [0.5, 0.6) is 5.88 Å². The second-order valence-corrected chi connectivity index (χ2v) is 12.3. The summed E-state index contributed by atoms with van der Waals surface area (Å²) in [6.45, 7) is 10.4. The van der Waals surface area contributed by atoms with Crippen LogP contribution in [0.15, 0.2) is 12.1 Å². The fraction of sp³-hybridized carbons (Fsp3) is 0.690. The molecular weight excluding hydrogens is 526 g/mol. The zero-order valence-corrected chi connectivity index (χ0v) is 25.1. The van der Waals surface area contributed by atoms with Gasteiger partial charge in [0, 0.05) is 55.8 Å². The number of piperidine rings is 2. The highest BCUT2D eigenvalue weighted by atomic mass is 16.6. The second-order valence-electron chi connectivity index (χ2n) is 12.3. The van der Waals surface area contributed by atoms with Crippen molar-refractivity contribution in [1.82, 2.24) is 24.6 Å². The highest BCUT2D eigenvalue weighted by molar-refractivity contribution is 5.77. The molecule has 3 aliphatic heterocycles. The largest absolute Gasteiger partial charge is 0.472 e. The average Bonchev–Trinajstić information content (AvgIpc) is 3.55. The minimum Gasteiger partial charge on any atom is -0.472 e. The molecule has 12 heteroatoms. The number of amides is 1. The van der Waals surface area contributed by atoms with Crippen LogP contribution in [-0.2, 0) is 14.3 Å². The first kappa shape index (κ1) is 29.1. The Morgan fingerprint density at radius 1 is 1.12 bits per heavy atom. The third kappa shape index (κ3) is 6.74. The van der Waals surface area contributed by atoms with E-state index in [1.807, 2.05) is 34.7 Å². The van der Waals surface area contributed by atoms with E-state index in [2.05, 4.69) is 20.2 Å². The first-order valence-electron chi connectivity index (χ1n) is 14.7. The highest BCUT2D eigenvalue weighted by Crippen LogP contribution is 2.37. The summed E-state index contributed by atoms with van der Waals surface area (Å²) < 4.78 is 18.4. The summed E-state index contributed by atoms with van der Waals surface area (Å²) in [5.41, 5.74) is -0.00297. The van der Waals surface area contributed by atoms with Crippen LogP contribution in [0.1, 0.15) is 78.3 Å². The van der Waals surface area contributed by atoms with Crippen molar-refractivity contribution >= 4 is 29.6 Å². The Labute approximate surface area is 241 Å². The summed E-state index contributed by atoms with van der Waals surface area (Å²) in [7, 11) is 2.01. The third-order valence-electron chi connectivity index (χ3n) is 7.98. The Morgan fingerprint density at radius 3 is 2.49 bits per heavy atom. The zero-order valence-electron chi connectivity index (χ0n) is 25.1. The van der Waals surface area contributed by atoms with Gasteiger partial charge in [-0.25, -0.2) is 4.79 Å². The van der Waals surface area contributed by atoms with Crippen LogP contribution in [-0.4, -0.2) is 86.7 Å². The number of rotatable bonds is 7. The fourth-order valence-electron chi connectivity index (χ4n) is 6.05. The third-order valence-corrected chi connectivity index (χ3v) is 7.98. The van der Waals surface area contributed by atoms with Gasteiger partial charge in [-0.3, -0.25) is 4.79 Å². The number of aryl methyl sites for hydroxylation is 1. The van der Waals surface area contributed by atoms with Gasteiger partial charge >= 0.3 is 6.09 Å². The molecule has 2 aromatic heterocycles. The van der Waals surface area contributed by atoms with Crippen LogP contribution in [0.25, 0.3) is 0 Å². The smallest absolute Gasteiger partial charge is 0.435 e. The molecule has 4 atom stereocenters. The summed E-state index contributed by atoms with van der Waals surface area (Å²) in [6, 6.07) is 4.19. The standard InChI is InChI=1S/C29H43N7O5/c1-7-26(37)35-19-9-8-10-20(35)15-21(14-19)34(6)27-31-23(16-25(32-27)40-22-11-12-39-17-22)30-24-13-18(2)36(33-24)28(38)41-29(3,4)5/h13,16,19-22H,7-12,14-15,17H2,1-6H3,(H,30,31,32,33)/t19-,20+,21?,22-/m1/s1. The second kappa shape index (κ2) is 11.8. The van der Waals surface area contributed by atoms with Crippen molar-refractivity contribution in [3.8, 4) is 5.88 Å². The molecule has 12 nitrogen and oxygen atoms in total. The highest BCUT2D eigenvalue weighted by Gasteiger charge is 2.42. The number of nitrogens with one attached hydrogen (secondary N) is 1. The Morgan fingerprint density at radius 2 is 1.85 bits per heavy atom. The van der Waals surface area contributed by atoms with Gasteiger partial charge in [-0.2, -0.15) is 14.6 Å². The van der Waals surface area contributed by atoms with Crippen molar-refractivity contribution in [2.24, 2.45) is 0 Å². The van der Waals surface area contributed by atoms with Crippen LogP contribution in [0.2, 0.25) is 0 Å². The maximum atomic E-state index is 12.7. The van der Waals surface area contributed by atoms with Gasteiger partial charge in [-0.05, 0) is 59.8 Å². The van der Waals surface area contributed by atoms with Gasteiger partial charge in [0.1, 0.15) is 17.5 Å². The van der Waals surface area contributed by atoms with Crippen LogP contribution in [0.4, 0.5) is 22.4 Å². The molecule has 0 spiro atoms. The van der Waals surface area contributed by atoms with E-state index in [9.17, 15) is 9.59 Å². The number of ether oxygens (including phenoxy) is 3. The molecule has 0 aliphatic carbocycles. The van der Waals surface area contributed by atoms with Gasteiger partial charge in [0.05, 0.1) is 13.2 Å². The van der Waals surface area contributed by atoms with E-state index in [-0.39, 0.29) is 30.1 Å². The summed E-state index contributed by atoms with van der Waals surface area (Å²) in [4.78, 5) is 39.2. The van der Waals surface area contributed by atoms with Crippen molar-refractivity contribution in [3.05, 3.63) is 17.8 Å². The van der Waals surface area contributed by atoms with E-state index in [4.69, 9.17) is 24.2 Å². The lowest BCUT2D eigenvalue weighted by Gasteiger charge is -2.50. The van der Waals surface area contributed by atoms with Crippen LogP contribution >= 0.6 is 0 Å². The predicted octanol–water partition coefficient (Wildman–Crippen LogP) is 4.43. The number of anilines is 3. The number of fused-ring (bicyclic) bond motifs is 2. The number of hydrogen-bond acceptors (Lipinski definition) is 10. The van der Waals surface area contributed by atoms with Crippen molar-refractivity contribution in [2.75, 3.05) is 30.5 Å². The minimum absolute atomic E-state index is 0.0767. The molecule has 2 bridgehead atoms. The van der Waals surface area contributed by atoms with Crippen molar-refractivity contribution < 1.29 is 23.8 Å². The Kier molecular flexibility index (Phi) is 8.40. The van der Waals surface area contributed by atoms with Crippen molar-refractivity contribution in [1.29, 1.82) is 0 Å². The Bertz CT molecular complexity index is 1240. The van der Waals surface area contributed by atoms with E-state index in [1.54, 1.807) is 19.1 Å². The molecule has 224 valence electrons. The van der Waals surface area contributed by atoms with E-state index in [1.165, 1.54) is 4.68 Å². The molecule has 3 fully saturated rings. The molecule has 0 saturated carbocycles. The van der Waals surface area contributed by atoms with Crippen LogP contribution in [0.3, 0.4) is 0 Å². The van der Waals surface area contributed by atoms with Gasteiger partial charge in [-0.15, -0.1) is 5.10 Å². The predicted molar refractivity (Wildman–Crippen MR) is 154 cm³/mol. The quantitative estimate of drug-likeness (QED) is 0.512. The van der Waals surface area contributed by atoms with Gasteiger partial charge in [0.2, 0.25) is 17.7 Å². The van der Waals surface area contributed by atoms with Crippen molar-refractivity contribution in [2.45, 2.75) is 109 Å². The first-order valence-corrected chi connectivity index (χ1v) is 14.7. The lowest BCUT2D eigenvalue weighted by Crippen LogP contribution is -2.58. The zero-order chi connectivity index (χ0) is 29.3. The van der Waals surface area contributed by atoms with Gasteiger partial charge in [0.15, 0.2) is 5.82 Å². The molecule has 1 N–H and O–H groups in total. The van der Waals surface area contributed by atoms with Crippen molar-refractivity contribution in [3.63, 3.8) is 0 Å². The molecule has 41 heavy (non-hydrogen) atoms. The summed E-state index contributed by atoms with van der Waals surface area (Å²) >= 11 is 0. The van der Waals surface area contributed by atoms with Gasteiger partial charge in [-0.1, -0.05) is 6.92 Å². The van der Waals surface area contributed by atoms with E-state index >= 15 is 0 Å². The van der Waals surface area contributed by atoms with E-state index < -0.39 is 11.7 Å². The lowest BCUT2D eigenvalue weighted by molar-refractivity contribution is -0.140. The summed E-state index contributed by atoms with van der Waals surface area (Å²) in [5, 5.41) is 7.65. The maximum absolute atomic E-state index is 12.7. The number of nitrogens with zero attached hydrogens (tertiary/aromatic N) is 6. The average molecular weight is 570 g/mol. The van der Waals surface area contributed by atoms with Crippen LogP contribution < -0.4 is 15.0 Å². The van der Waals surface area contributed by atoms with Crippen LogP contribution in [0, 0.1) is 6.92 Å². The molecule has 0 radical (unpaired) electrons. The minimum atomic E-state index is -0.635. The molecule has 1 amide bonds. The number of carbonyl (C=O) groups is 2. The maximum Gasteiger partial charge on any atom is 0.435 e. The molecular formula is C29H43N7O5. The fourth-order valence-corrected chi connectivity index (χ4v) is 6.05. The molecule has 5 heterocycles. The molecule has 1 unspecified atom stereocenters. The molecule has 0 aromatic carbocycles. The Hall–Kier alpha value is -3.41. The van der Waals surface area contributed by atoms with Gasteiger partial charge < -0.3 is 29.3 Å². The normalized spacial score (nSPS) is 24.2. The summed E-state index contributed by atoms with van der Waals surface area (Å²) in [5.74, 6) is 2.19. The molecule has 3 saturated heterocycles. The number of carbonyl (C=O) groups excluding carboxylic acids is 2. The SMILES string of the molecule is CCC(=O)N1[C@@H]2CCC[C@H]1CC(N(C)c1nc(Nc3cc(C)n(C(=O)OC(C)(C)C)n3)cc(O[C@@H]3CCOC3)n1)C2. The monoisotopic (exact) mass is 569 g/mol. The van der Waals surface area contributed by atoms with E-state index in [0.29, 0.717) is 48.8 Å². The first-order chi connectivity index (χ1) is 19.5. The van der Waals surface area contributed by atoms with Gasteiger partial charge in [0.25, 0.3) is 0 Å².